The maximum absolute atomic E-state index is 11.8. The summed E-state index contributed by atoms with van der Waals surface area (Å²) in [6.07, 6.45) is 0. The van der Waals surface area contributed by atoms with Gasteiger partial charge < -0.3 is 21.5 Å². The van der Waals surface area contributed by atoms with Crippen molar-refractivity contribution in [2.45, 2.75) is 6.54 Å². The van der Waals surface area contributed by atoms with Gasteiger partial charge in [-0.25, -0.2) is 0 Å². The number of nitrogens with two attached hydrogens (primary N) is 2. The van der Waals surface area contributed by atoms with E-state index in [0.717, 1.165) is 38.4 Å². The zero-order valence-electron chi connectivity index (χ0n) is 11.6. The summed E-state index contributed by atoms with van der Waals surface area (Å²) in [6.45, 7) is 5.04. The molecular formula is C14H22N4O2. The Morgan fingerprint density at radius 3 is 2.75 bits per heavy atom. The van der Waals surface area contributed by atoms with E-state index in [2.05, 4.69) is 10.2 Å². The van der Waals surface area contributed by atoms with Gasteiger partial charge in [0.2, 0.25) is 0 Å². The number of carbonyl (C=O) groups is 1. The van der Waals surface area contributed by atoms with Crippen LogP contribution in [0.15, 0.2) is 18.2 Å². The highest BCUT2D eigenvalue weighted by molar-refractivity contribution is 5.95. The summed E-state index contributed by atoms with van der Waals surface area (Å²) in [5.41, 5.74) is 13.7. The minimum Gasteiger partial charge on any atom is -0.398 e. The second-order valence-corrected chi connectivity index (χ2v) is 4.85. The maximum Gasteiger partial charge on any atom is 0.251 e. The van der Waals surface area contributed by atoms with E-state index in [1.807, 2.05) is 6.07 Å². The fourth-order valence-electron chi connectivity index (χ4n) is 2.17. The molecule has 6 nitrogen and oxygen atoms in total. The molecule has 0 bridgehead atoms. The molecule has 1 amide bonds. The molecule has 2 rings (SSSR count). The van der Waals surface area contributed by atoms with Crippen LogP contribution in [-0.4, -0.2) is 50.2 Å². The third kappa shape index (κ3) is 3.93. The van der Waals surface area contributed by atoms with Crippen LogP contribution in [0.1, 0.15) is 15.9 Å². The van der Waals surface area contributed by atoms with Crippen molar-refractivity contribution in [3.63, 3.8) is 0 Å². The van der Waals surface area contributed by atoms with Gasteiger partial charge in [0.1, 0.15) is 0 Å². The summed E-state index contributed by atoms with van der Waals surface area (Å²) >= 11 is 0. The Morgan fingerprint density at radius 2 is 2.10 bits per heavy atom. The Balaban J connectivity index is 1.99. The summed E-state index contributed by atoms with van der Waals surface area (Å²) in [4.78, 5) is 14.1. The van der Waals surface area contributed by atoms with Crippen LogP contribution in [0.5, 0.6) is 0 Å². The Bertz CT molecular complexity index is 458. The molecule has 1 aliphatic heterocycles. The Kier molecular flexibility index (Phi) is 5.34. The summed E-state index contributed by atoms with van der Waals surface area (Å²) in [5.74, 6) is -0.139. The topological polar surface area (TPSA) is 93.6 Å². The molecule has 1 aromatic rings. The lowest BCUT2D eigenvalue weighted by Crippen LogP contribution is -2.35. The van der Waals surface area contributed by atoms with E-state index in [1.54, 1.807) is 12.1 Å². The summed E-state index contributed by atoms with van der Waals surface area (Å²) < 4.78 is 5.32. The highest BCUT2D eigenvalue weighted by Crippen LogP contribution is 2.17. The average molecular weight is 278 g/mol. The molecule has 0 atom stereocenters. The van der Waals surface area contributed by atoms with Crippen molar-refractivity contribution in [2.24, 2.45) is 5.73 Å². The van der Waals surface area contributed by atoms with E-state index in [1.165, 1.54) is 0 Å². The minimum absolute atomic E-state index is 0.139. The number of nitrogens with one attached hydrogen (secondary N) is 1. The van der Waals surface area contributed by atoms with E-state index >= 15 is 0 Å². The van der Waals surface area contributed by atoms with Gasteiger partial charge in [0.25, 0.3) is 5.91 Å². The average Bonchev–Trinajstić information content (AvgIpc) is 2.48. The molecular weight excluding hydrogens is 256 g/mol. The van der Waals surface area contributed by atoms with Gasteiger partial charge in [0.05, 0.1) is 13.2 Å². The number of rotatable bonds is 5. The summed E-state index contributed by atoms with van der Waals surface area (Å²) in [5, 5.41) is 2.73. The second-order valence-electron chi connectivity index (χ2n) is 4.85. The largest absolute Gasteiger partial charge is 0.398 e. The maximum atomic E-state index is 11.8. The molecule has 0 aromatic heterocycles. The molecule has 20 heavy (non-hydrogen) atoms. The minimum atomic E-state index is -0.139. The van der Waals surface area contributed by atoms with Crippen LogP contribution >= 0.6 is 0 Å². The van der Waals surface area contributed by atoms with Gasteiger partial charge in [0, 0.05) is 44.0 Å². The van der Waals surface area contributed by atoms with Crippen LogP contribution in [0.25, 0.3) is 0 Å². The first kappa shape index (κ1) is 14.8. The van der Waals surface area contributed by atoms with E-state index in [-0.39, 0.29) is 5.91 Å². The third-order valence-corrected chi connectivity index (χ3v) is 3.34. The molecule has 1 saturated heterocycles. The number of nitrogens with zero attached hydrogens (tertiary/aromatic N) is 1. The van der Waals surface area contributed by atoms with Crippen LogP contribution < -0.4 is 16.8 Å². The third-order valence-electron chi connectivity index (χ3n) is 3.34. The molecule has 1 aliphatic rings. The van der Waals surface area contributed by atoms with Crippen molar-refractivity contribution in [3.05, 3.63) is 29.3 Å². The summed E-state index contributed by atoms with van der Waals surface area (Å²) in [6, 6.07) is 5.45. The number of nitrogen functional groups attached to an aromatic ring is 1. The molecule has 110 valence electrons. The molecule has 1 fully saturated rings. The van der Waals surface area contributed by atoms with Gasteiger partial charge >= 0.3 is 0 Å². The second kappa shape index (κ2) is 7.23. The van der Waals surface area contributed by atoms with E-state index in [9.17, 15) is 4.79 Å². The number of benzene rings is 1. The van der Waals surface area contributed by atoms with Gasteiger partial charge in [-0.05, 0) is 17.7 Å². The quantitative estimate of drug-likeness (QED) is 0.648. The first-order chi connectivity index (χ1) is 9.70. The number of amides is 1. The van der Waals surface area contributed by atoms with E-state index < -0.39 is 0 Å². The molecule has 0 aliphatic carbocycles. The van der Waals surface area contributed by atoms with Gasteiger partial charge in [-0.15, -0.1) is 0 Å². The lowest BCUT2D eigenvalue weighted by atomic mass is 10.1. The number of hydrogen-bond acceptors (Lipinski definition) is 5. The predicted molar refractivity (Wildman–Crippen MR) is 78.3 cm³/mol. The lowest BCUT2D eigenvalue weighted by Gasteiger charge is -2.27. The van der Waals surface area contributed by atoms with Gasteiger partial charge in [-0.3, -0.25) is 9.69 Å². The fraction of sp³-hybridized carbons (Fsp3) is 0.500. The highest BCUT2D eigenvalue weighted by atomic mass is 16.5. The molecule has 1 heterocycles. The van der Waals surface area contributed by atoms with Crippen molar-refractivity contribution in [3.8, 4) is 0 Å². The normalized spacial score (nSPS) is 16.1. The predicted octanol–water partition coefficient (Wildman–Crippen LogP) is -0.210. The first-order valence-electron chi connectivity index (χ1n) is 6.87. The summed E-state index contributed by atoms with van der Waals surface area (Å²) in [7, 11) is 0. The van der Waals surface area contributed by atoms with Crippen LogP contribution in [0, 0.1) is 0 Å². The zero-order chi connectivity index (χ0) is 14.4. The Hall–Kier alpha value is -1.63. The fourth-order valence-corrected chi connectivity index (χ4v) is 2.17. The number of anilines is 1. The smallest absolute Gasteiger partial charge is 0.251 e. The van der Waals surface area contributed by atoms with Crippen molar-refractivity contribution >= 4 is 11.6 Å². The molecule has 6 heteroatoms. The standard InChI is InChI=1S/C14H22N4O2/c15-3-4-17-14(19)11-1-2-12(13(16)9-11)10-18-5-7-20-8-6-18/h1-2,9H,3-8,10,15-16H2,(H,17,19). The molecule has 0 saturated carbocycles. The van der Waals surface area contributed by atoms with Crippen molar-refractivity contribution < 1.29 is 9.53 Å². The lowest BCUT2D eigenvalue weighted by molar-refractivity contribution is 0.0343. The highest BCUT2D eigenvalue weighted by Gasteiger charge is 2.13. The van der Waals surface area contributed by atoms with Crippen molar-refractivity contribution in [2.75, 3.05) is 45.1 Å². The molecule has 0 unspecified atom stereocenters. The SMILES string of the molecule is NCCNC(=O)c1ccc(CN2CCOCC2)c(N)c1. The molecule has 1 aromatic carbocycles. The van der Waals surface area contributed by atoms with Crippen LogP contribution in [-0.2, 0) is 11.3 Å². The van der Waals surface area contributed by atoms with Gasteiger partial charge in [0.15, 0.2) is 0 Å². The molecule has 0 radical (unpaired) electrons. The van der Waals surface area contributed by atoms with Crippen molar-refractivity contribution in [1.82, 2.24) is 10.2 Å². The number of morpholine rings is 1. The number of carbonyl (C=O) groups excluding carboxylic acids is 1. The first-order valence-corrected chi connectivity index (χ1v) is 6.87. The Morgan fingerprint density at radius 1 is 1.35 bits per heavy atom. The van der Waals surface area contributed by atoms with Crippen LogP contribution in [0.2, 0.25) is 0 Å². The monoisotopic (exact) mass is 278 g/mol. The van der Waals surface area contributed by atoms with E-state index in [0.29, 0.717) is 24.3 Å². The van der Waals surface area contributed by atoms with E-state index in [4.69, 9.17) is 16.2 Å². The number of ether oxygens (including phenoxy) is 1. The van der Waals surface area contributed by atoms with Gasteiger partial charge in [-0.1, -0.05) is 6.07 Å². The van der Waals surface area contributed by atoms with Crippen LogP contribution in [0.3, 0.4) is 0 Å². The van der Waals surface area contributed by atoms with Gasteiger partial charge in [-0.2, -0.15) is 0 Å². The van der Waals surface area contributed by atoms with Crippen LogP contribution in [0.4, 0.5) is 5.69 Å². The zero-order valence-corrected chi connectivity index (χ0v) is 11.6. The molecule has 0 spiro atoms. The number of hydrogen-bond donors (Lipinski definition) is 3. The van der Waals surface area contributed by atoms with Crippen molar-refractivity contribution in [1.29, 1.82) is 0 Å². The Labute approximate surface area is 119 Å². The molecule has 5 N–H and O–H groups in total.